The zero-order valence-corrected chi connectivity index (χ0v) is 11.0. The Morgan fingerprint density at radius 3 is 2.88 bits per heavy atom. The van der Waals surface area contributed by atoms with Crippen molar-refractivity contribution in [3.05, 3.63) is 44.8 Å². The van der Waals surface area contributed by atoms with E-state index in [1.54, 1.807) is 7.05 Å². The summed E-state index contributed by atoms with van der Waals surface area (Å²) in [4.78, 5) is 11.1. The fourth-order valence-corrected chi connectivity index (χ4v) is 2.75. The molecule has 0 spiro atoms. The highest BCUT2D eigenvalue weighted by Gasteiger charge is 2.06. The van der Waals surface area contributed by atoms with Gasteiger partial charge in [0.1, 0.15) is 0 Å². The molecule has 0 bridgehead atoms. The smallest absolute Gasteiger partial charge is 0.273 e. The number of thioether (sulfide) groups is 1. The maximum Gasteiger partial charge on any atom is 0.343 e. The highest BCUT2D eigenvalue weighted by molar-refractivity contribution is 9.10. The summed E-state index contributed by atoms with van der Waals surface area (Å²) in [5, 5.41) is 7.04. The van der Waals surface area contributed by atoms with Gasteiger partial charge in [-0.25, -0.2) is 9.89 Å². The molecule has 0 saturated heterocycles. The van der Waals surface area contributed by atoms with E-state index in [9.17, 15) is 4.79 Å². The van der Waals surface area contributed by atoms with Crippen molar-refractivity contribution in [2.75, 3.05) is 0 Å². The Morgan fingerprint density at radius 2 is 2.25 bits per heavy atom. The van der Waals surface area contributed by atoms with E-state index >= 15 is 0 Å². The lowest BCUT2D eigenvalue weighted by molar-refractivity contribution is 0.765. The first-order valence-electron chi connectivity index (χ1n) is 4.66. The van der Waals surface area contributed by atoms with Crippen LogP contribution in [-0.2, 0) is 12.8 Å². The van der Waals surface area contributed by atoms with Crippen LogP contribution in [0.25, 0.3) is 0 Å². The van der Waals surface area contributed by atoms with Crippen molar-refractivity contribution in [3.8, 4) is 0 Å². The fraction of sp³-hybridized carbons (Fsp3) is 0.200. The third kappa shape index (κ3) is 2.38. The molecule has 1 heterocycles. The Bertz CT molecular complexity index is 549. The maximum absolute atomic E-state index is 11.1. The maximum atomic E-state index is 11.1. The second kappa shape index (κ2) is 4.88. The van der Waals surface area contributed by atoms with Gasteiger partial charge in [0.15, 0.2) is 5.16 Å². The van der Waals surface area contributed by atoms with Crippen molar-refractivity contribution in [2.45, 2.75) is 10.9 Å². The first-order valence-corrected chi connectivity index (χ1v) is 6.44. The van der Waals surface area contributed by atoms with Crippen LogP contribution in [0.1, 0.15) is 5.56 Å². The Kier molecular flexibility index (Phi) is 3.50. The minimum Gasteiger partial charge on any atom is -0.273 e. The van der Waals surface area contributed by atoms with Crippen molar-refractivity contribution >= 4 is 27.7 Å². The zero-order valence-electron chi connectivity index (χ0n) is 8.61. The van der Waals surface area contributed by atoms with E-state index in [4.69, 9.17) is 0 Å². The minimum absolute atomic E-state index is 0.186. The van der Waals surface area contributed by atoms with Crippen LogP contribution in [-0.4, -0.2) is 14.8 Å². The van der Waals surface area contributed by atoms with E-state index in [0.29, 0.717) is 5.16 Å². The first-order chi connectivity index (χ1) is 7.68. The van der Waals surface area contributed by atoms with Crippen LogP contribution in [0.15, 0.2) is 38.7 Å². The van der Waals surface area contributed by atoms with Gasteiger partial charge < -0.3 is 0 Å². The third-order valence-corrected chi connectivity index (χ3v) is 4.01. The molecule has 0 fully saturated rings. The summed E-state index contributed by atoms with van der Waals surface area (Å²) in [6, 6.07) is 8.01. The van der Waals surface area contributed by atoms with E-state index in [1.165, 1.54) is 21.9 Å². The van der Waals surface area contributed by atoms with Gasteiger partial charge in [-0.05, 0) is 11.6 Å². The molecule has 2 rings (SSSR count). The number of benzene rings is 1. The Labute approximate surface area is 105 Å². The van der Waals surface area contributed by atoms with Gasteiger partial charge in [0, 0.05) is 17.3 Å². The predicted molar refractivity (Wildman–Crippen MR) is 67.5 cm³/mol. The number of H-pyrrole nitrogens is 1. The van der Waals surface area contributed by atoms with Crippen molar-refractivity contribution in [2.24, 2.45) is 7.05 Å². The van der Waals surface area contributed by atoms with Gasteiger partial charge >= 0.3 is 5.69 Å². The highest BCUT2D eigenvalue weighted by atomic mass is 79.9. The molecular weight excluding hydrogens is 290 g/mol. The molecule has 0 saturated carbocycles. The minimum atomic E-state index is -0.186. The molecule has 6 heteroatoms. The predicted octanol–water partition coefficient (Wildman–Crippen LogP) is 2.16. The van der Waals surface area contributed by atoms with Gasteiger partial charge in [-0.15, -0.1) is 5.10 Å². The number of nitrogens with zero attached hydrogens (tertiary/aromatic N) is 2. The summed E-state index contributed by atoms with van der Waals surface area (Å²) in [7, 11) is 1.70. The molecule has 0 aliphatic rings. The molecule has 0 unspecified atom stereocenters. The zero-order chi connectivity index (χ0) is 11.5. The number of aromatic nitrogens is 3. The number of hydrogen-bond acceptors (Lipinski definition) is 3. The highest BCUT2D eigenvalue weighted by Crippen LogP contribution is 2.24. The summed E-state index contributed by atoms with van der Waals surface area (Å²) >= 11 is 5.01. The number of nitrogens with one attached hydrogen (secondary N) is 1. The van der Waals surface area contributed by atoms with Crippen molar-refractivity contribution in [3.63, 3.8) is 0 Å². The number of rotatable bonds is 3. The normalized spacial score (nSPS) is 10.6. The summed E-state index contributed by atoms with van der Waals surface area (Å²) in [5.74, 6) is 0.777. The number of aromatic amines is 1. The molecule has 0 radical (unpaired) electrons. The van der Waals surface area contributed by atoms with Crippen molar-refractivity contribution in [1.82, 2.24) is 14.8 Å². The molecule has 16 heavy (non-hydrogen) atoms. The molecule has 4 nitrogen and oxygen atoms in total. The topological polar surface area (TPSA) is 50.7 Å². The van der Waals surface area contributed by atoms with Crippen LogP contribution in [0.3, 0.4) is 0 Å². The van der Waals surface area contributed by atoms with Gasteiger partial charge in [0.25, 0.3) is 0 Å². The second-order valence-electron chi connectivity index (χ2n) is 3.25. The van der Waals surface area contributed by atoms with Gasteiger partial charge in [-0.3, -0.25) is 4.57 Å². The van der Waals surface area contributed by atoms with E-state index < -0.39 is 0 Å². The van der Waals surface area contributed by atoms with Gasteiger partial charge in [0.05, 0.1) is 0 Å². The summed E-state index contributed by atoms with van der Waals surface area (Å²) < 4.78 is 2.57. The van der Waals surface area contributed by atoms with Crippen LogP contribution < -0.4 is 5.69 Å². The second-order valence-corrected chi connectivity index (χ2v) is 5.05. The molecule has 1 N–H and O–H groups in total. The van der Waals surface area contributed by atoms with Crippen LogP contribution in [0.2, 0.25) is 0 Å². The molecule has 2 aromatic rings. The third-order valence-electron chi connectivity index (χ3n) is 2.15. The molecular formula is C10H10BrN3OS. The van der Waals surface area contributed by atoms with E-state index in [1.807, 2.05) is 24.3 Å². The first kappa shape index (κ1) is 11.5. The molecule has 1 aromatic heterocycles. The summed E-state index contributed by atoms with van der Waals surface area (Å²) in [6.45, 7) is 0. The Balaban J connectivity index is 2.11. The van der Waals surface area contributed by atoms with E-state index in [0.717, 1.165) is 10.2 Å². The van der Waals surface area contributed by atoms with Crippen LogP contribution in [0.4, 0.5) is 0 Å². The van der Waals surface area contributed by atoms with E-state index in [2.05, 4.69) is 26.1 Å². The lowest BCUT2D eigenvalue weighted by Gasteiger charge is -2.02. The standard InChI is InChI=1S/C10H10BrN3OS/c1-14-9(15)12-13-10(14)16-6-7-4-2-3-5-8(7)11/h2-5H,6H2,1H3,(H,12,15). The summed E-state index contributed by atoms with van der Waals surface area (Å²) in [5.41, 5.74) is 0.998. The molecule has 1 aromatic carbocycles. The summed E-state index contributed by atoms with van der Waals surface area (Å²) in [6.07, 6.45) is 0. The average Bonchev–Trinajstić information content (AvgIpc) is 2.59. The van der Waals surface area contributed by atoms with Gasteiger partial charge in [0.2, 0.25) is 0 Å². The number of hydrogen-bond donors (Lipinski definition) is 1. The molecule has 84 valence electrons. The van der Waals surface area contributed by atoms with Crippen LogP contribution in [0, 0.1) is 0 Å². The molecule has 0 amide bonds. The van der Waals surface area contributed by atoms with Crippen LogP contribution >= 0.6 is 27.7 Å². The lowest BCUT2D eigenvalue weighted by Crippen LogP contribution is -2.12. The van der Waals surface area contributed by atoms with Crippen molar-refractivity contribution in [1.29, 1.82) is 0 Å². The Hall–Kier alpha value is -1.01. The fourth-order valence-electron chi connectivity index (χ4n) is 1.22. The average molecular weight is 300 g/mol. The molecule has 0 aliphatic carbocycles. The molecule has 0 atom stereocenters. The number of halogens is 1. The molecule has 0 aliphatic heterocycles. The SMILES string of the molecule is Cn1c(SCc2ccccc2Br)n[nH]c1=O. The lowest BCUT2D eigenvalue weighted by atomic mass is 10.2. The van der Waals surface area contributed by atoms with Crippen LogP contribution in [0.5, 0.6) is 0 Å². The largest absolute Gasteiger partial charge is 0.343 e. The van der Waals surface area contributed by atoms with Gasteiger partial charge in [-0.1, -0.05) is 45.9 Å². The van der Waals surface area contributed by atoms with Gasteiger partial charge in [-0.2, -0.15) is 0 Å². The Morgan fingerprint density at radius 1 is 1.50 bits per heavy atom. The van der Waals surface area contributed by atoms with E-state index in [-0.39, 0.29) is 5.69 Å². The monoisotopic (exact) mass is 299 g/mol. The quantitative estimate of drug-likeness (QED) is 0.884. The van der Waals surface area contributed by atoms with Crippen molar-refractivity contribution < 1.29 is 0 Å².